The Hall–Kier alpha value is -1.16. The van der Waals surface area contributed by atoms with Gasteiger partial charge in [-0.1, -0.05) is 19.4 Å². The number of amides is 2. The lowest BCUT2D eigenvalue weighted by Crippen LogP contribution is -2.36. The zero-order valence-corrected chi connectivity index (χ0v) is 13.8. The molecule has 2 N–H and O–H groups in total. The molecule has 23 heavy (non-hydrogen) atoms. The van der Waals surface area contributed by atoms with Crippen LogP contribution in [0.3, 0.4) is 0 Å². The maximum absolute atomic E-state index is 12.6. The van der Waals surface area contributed by atoms with Gasteiger partial charge in [0.15, 0.2) is 0 Å². The third-order valence-electron chi connectivity index (χ3n) is 3.61. The highest BCUT2D eigenvalue weighted by Gasteiger charge is 2.65. The van der Waals surface area contributed by atoms with Crippen molar-refractivity contribution in [1.29, 1.82) is 0 Å². The molecule has 1 fully saturated rings. The van der Waals surface area contributed by atoms with Crippen molar-refractivity contribution >= 4 is 33.7 Å². The molecule has 1 aliphatic rings. The molecule has 2 amide bonds. The first-order valence-electron chi connectivity index (χ1n) is 6.82. The van der Waals surface area contributed by atoms with Crippen LogP contribution in [-0.4, -0.2) is 23.6 Å². The van der Waals surface area contributed by atoms with E-state index in [0.29, 0.717) is 5.25 Å². The standard InChI is InChI=1S/C13H17F5N2OS2/c1-22-11-5-2-10(8-11)20-13(21)19-9-3-6-12(7-4-9)23(14,15,16,17)18/h3-4,6-7,10-11H,2,5,8H2,1H3,(H2,19,20,21)/t10-,11-/m1/s1. The molecule has 10 heteroatoms. The summed E-state index contributed by atoms with van der Waals surface area (Å²) in [6.45, 7) is 0. The van der Waals surface area contributed by atoms with E-state index in [1.54, 1.807) is 11.8 Å². The van der Waals surface area contributed by atoms with Gasteiger partial charge < -0.3 is 10.6 Å². The molecular formula is C13H17F5N2OS2. The van der Waals surface area contributed by atoms with Crippen LogP contribution in [0.15, 0.2) is 29.2 Å². The van der Waals surface area contributed by atoms with Crippen molar-refractivity contribution in [2.24, 2.45) is 0 Å². The highest BCUT2D eigenvalue weighted by Crippen LogP contribution is 3.02. The van der Waals surface area contributed by atoms with Gasteiger partial charge in [0.25, 0.3) is 0 Å². The fraction of sp³-hybridized carbons (Fsp3) is 0.462. The second-order valence-electron chi connectivity index (χ2n) is 5.46. The number of thioether (sulfide) groups is 1. The summed E-state index contributed by atoms with van der Waals surface area (Å²) >= 11 is 1.72. The van der Waals surface area contributed by atoms with Gasteiger partial charge in [-0.3, -0.25) is 0 Å². The predicted molar refractivity (Wildman–Crippen MR) is 84.9 cm³/mol. The Morgan fingerprint density at radius 3 is 2.22 bits per heavy atom. The van der Waals surface area contributed by atoms with Crippen molar-refractivity contribution in [3.63, 3.8) is 0 Å². The Morgan fingerprint density at radius 1 is 1.13 bits per heavy atom. The summed E-state index contributed by atoms with van der Waals surface area (Å²) in [5.41, 5.74) is 0.0208. The van der Waals surface area contributed by atoms with Gasteiger partial charge in [0.1, 0.15) is 4.90 Å². The minimum atomic E-state index is -9.67. The molecule has 1 aliphatic carbocycles. The second kappa shape index (κ2) is 5.44. The molecule has 2 rings (SSSR count). The Morgan fingerprint density at radius 2 is 1.74 bits per heavy atom. The van der Waals surface area contributed by atoms with Crippen molar-refractivity contribution in [3.05, 3.63) is 24.3 Å². The number of carbonyl (C=O) groups excluding carboxylic acids is 1. The fourth-order valence-electron chi connectivity index (χ4n) is 2.43. The highest BCUT2D eigenvalue weighted by atomic mass is 32.5. The van der Waals surface area contributed by atoms with Gasteiger partial charge in [0.05, 0.1) is 0 Å². The third kappa shape index (κ3) is 5.17. The number of halogens is 5. The van der Waals surface area contributed by atoms with Gasteiger partial charge in [-0.05, 0) is 49.8 Å². The van der Waals surface area contributed by atoms with Crippen molar-refractivity contribution in [3.8, 4) is 0 Å². The van der Waals surface area contributed by atoms with Crippen molar-refractivity contribution in [2.75, 3.05) is 11.6 Å². The first-order chi connectivity index (χ1) is 10.4. The van der Waals surface area contributed by atoms with Crippen LogP contribution < -0.4 is 10.6 Å². The van der Waals surface area contributed by atoms with Gasteiger partial charge in [0, 0.05) is 17.0 Å². The lowest BCUT2D eigenvalue weighted by atomic mass is 10.2. The zero-order chi connectivity index (χ0) is 17.4. The summed E-state index contributed by atoms with van der Waals surface area (Å²) in [7, 11) is -9.67. The van der Waals surface area contributed by atoms with Gasteiger partial charge >= 0.3 is 16.3 Å². The largest absolute Gasteiger partial charge is 0.335 e. The minimum Gasteiger partial charge on any atom is -0.335 e. The van der Waals surface area contributed by atoms with Gasteiger partial charge in [-0.2, -0.15) is 11.8 Å². The summed E-state index contributed by atoms with van der Waals surface area (Å²) in [5.74, 6) is 0. The monoisotopic (exact) mass is 376 g/mol. The summed E-state index contributed by atoms with van der Waals surface area (Å²) < 4.78 is 62.9. The van der Waals surface area contributed by atoms with E-state index in [-0.39, 0.29) is 23.9 Å². The van der Waals surface area contributed by atoms with E-state index in [2.05, 4.69) is 10.6 Å². The number of hydrogen-bond acceptors (Lipinski definition) is 2. The zero-order valence-electron chi connectivity index (χ0n) is 12.2. The van der Waals surface area contributed by atoms with Crippen LogP contribution in [0.2, 0.25) is 0 Å². The van der Waals surface area contributed by atoms with E-state index in [0.717, 1.165) is 31.4 Å². The van der Waals surface area contributed by atoms with Crippen LogP contribution in [0.4, 0.5) is 29.9 Å². The molecule has 2 atom stereocenters. The van der Waals surface area contributed by atoms with Crippen molar-refractivity contribution in [2.45, 2.75) is 35.4 Å². The van der Waals surface area contributed by atoms with Crippen LogP contribution in [0, 0.1) is 0 Å². The Bertz CT molecular complexity index is 590. The number of carbonyl (C=O) groups is 1. The topological polar surface area (TPSA) is 41.1 Å². The number of hydrogen-bond donors (Lipinski definition) is 2. The van der Waals surface area contributed by atoms with E-state index in [1.807, 2.05) is 6.26 Å². The van der Waals surface area contributed by atoms with E-state index in [4.69, 9.17) is 0 Å². The van der Waals surface area contributed by atoms with Crippen LogP contribution >= 0.6 is 22.0 Å². The van der Waals surface area contributed by atoms with E-state index >= 15 is 0 Å². The highest BCUT2D eigenvalue weighted by molar-refractivity contribution is 8.45. The number of nitrogens with one attached hydrogen (secondary N) is 2. The van der Waals surface area contributed by atoms with E-state index in [1.165, 1.54) is 0 Å². The maximum Gasteiger partial charge on any atom is 0.319 e. The van der Waals surface area contributed by atoms with Crippen molar-refractivity contribution in [1.82, 2.24) is 5.32 Å². The SMILES string of the molecule is CS[C@@H]1CC[C@@H](NC(=O)Nc2ccc(S(F)(F)(F)(F)F)cc2)C1. The molecule has 0 bridgehead atoms. The summed E-state index contributed by atoms with van der Waals surface area (Å²) in [6.07, 6.45) is 4.65. The molecule has 0 aromatic heterocycles. The first kappa shape index (κ1) is 18.2. The molecule has 0 saturated heterocycles. The van der Waals surface area contributed by atoms with Crippen LogP contribution in [0.1, 0.15) is 19.3 Å². The Labute approximate surface area is 135 Å². The van der Waals surface area contributed by atoms with Crippen LogP contribution in [-0.2, 0) is 0 Å². The lowest BCUT2D eigenvalue weighted by Gasteiger charge is -2.40. The van der Waals surface area contributed by atoms with E-state index in [9.17, 15) is 24.2 Å². The molecule has 0 aliphatic heterocycles. The second-order valence-corrected chi connectivity index (χ2v) is 9.01. The van der Waals surface area contributed by atoms with E-state index < -0.39 is 21.2 Å². The fourth-order valence-corrected chi connectivity index (χ4v) is 3.88. The number of urea groups is 1. The first-order valence-corrected chi connectivity index (χ1v) is 10.1. The molecule has 1 aromatic rings. The summed E-state index contributed by atoms with van der Waals surface area (Å²) in [5, 5.41) is 5.56. The molecule has 132 valence electrons. The average molecular weight is 376 g/mol. The van der Waals surface area contributed by atoms with Gasteiger partial charge in [0.2, 0.25) is 0 Å². The number of anilines is 1. The number of rotatable bonds is 4. The summed E-state index contributed by atoms with van der Waals surface area (Å²) in [6, 6.07) is 1.62. The summed E-state index contributed by atoms with van der Waals surface area (Å²) in [4.78, 5) is 9.80. The quantitative estimate of drug-likeness (QED) is 0.657. The molecule has 0 radical (unpaired) electrons. The molecular weight excluding hydrogens is 359 g/mol. The maximum atomic E-state index is 12.6. The van der Waals surface area contributed by atoms with Crippen LogP contribution in [0.25, 0.3) is 0 Å². The Balaban J connectivity index is 1.95. The molecule has 1 saturated carbocycles. The smallest absolute Gasteiger partial charge is 0.319 e. The minimum absolute atomic E-state index is 0.0106. The van der Waals surface area contributed by atoms with Gasteiger partial charge in [-0.25, -0.2) is 4.79 Å². The van der Waals surface area contributed by atoms with Crippen LogP contribution in [0.5, 0.6) is 0 Å². The third-order valence-corrected chi connectivity index (χ3v) is 5.87. The molecule has 0 unspecified atom stereocenters. The van der Waals surface area contributed by atoms with Crippen molar-refractivity contribution < 1.29 is 24.2 Å². The lowest BCUT2D eigenvalue weighted by molar-refractivity contribution is 0.248. The molecule has 1 aromatic carbocycles. The average Bonchev–Trinajstić information content (AvgIpc) is 2.84. The normalized spacial score (nSPS) is 24.6. The molecule has 0 spiro atoms. The number of benzene rings is 1. The van der Waals surface area contributed by atoms with Gasteiger partial charge in [-0.15, -0.1) is 0 Å². The molecule has 3 nitrogen and oxygen atoms in total. The Kier molecular flexibility index (Phi) is 4.30. The molecule has 0 heterocycles. The predicted octanol–water partition coefficient (Wildman–Crippen LogP) is 5.75.